The van der Waals surface area contributed by atoms with E-state index in [1.165, 1.54) is 0 Å². The van der Waals surface area contributed by atoms with E-state index < -0.39 is 5.97 Å². The Morgan fingerprint density at radius 3 is 2.36 bits per heavy atom. The van der Waals surface area contributed by atoms with Crippen LogP contribution >= 0.6 is 11.8 Å². The summed E-state index contributed by atoms with van der Waals surface area (Å²) in [7, 11) is 0. The number of carbonyl (C=O) groups is 1. The molecule has 1 atom stereocenters. The Balaban J connectivity index is 4.22. The van der Waals surface area contributed by atoms with Crippen molar-refractivity contribution >= 4 is 17.7 Å². The Morgan fingerprint density at radius 1 is 1.43 bits per heavy atom. The number of rotatable bonds is 7. The van der Waals surface area contributed by atoms with Gasteiger partial charge in [-0.3, -0.25) is 4.79 Å². The summed E-state index contributed by atoms with van der Waals surface area (Å²) in [5.74, 6) is 1.18. The Labute approximate surface area is 91.5 Å². The van der Waals surface area contributed by atoms with Crippen molar-refractivity contribution in [2.45, 2.75) is 40.5 Å². The number of aliphatic carboxylic acids is 1. The van der Waals surface area contributed by atoms with Crippen LogP contribution in [-0.4, -0.2) is 22.6 Å². The molecule has 0 aliphatic heterocycles. The van der Waals surface area contributed by atoms with Gasteiger partial charge in [0.2, 0.25) is 0 Å². The van der Waals surface area contributed by atoms with Gasteiger partial charge < -0.3 is 5.11 Å². The molecule has 0 fully saturated rings. The maximum Gasteiger partial charge on any atom is 0.307 e. The highest BCUT2D eigenvalue weighted by molar-refractivity contribution is 7.99. The molecule has 0 aromatic rings. The standard InChI is InChI=1S/C11H22O2S/c1-5-11(3,4)9(10(12)13)7-8-14-6-2/h9H,5-8H2,1-4H3,(H,12,13). The Morgan fingerprint density at radius 2 is 2.00 bits per heavy atom. The molecule has 0 aliphatic rings. The molecule has 0 aromatic heterocycles. The minimum atomic E-state index is -0.645. The van der Waals surface area contributed by atoms with Gasteiger partial charge in [-0.1, -0.05) is 34.1 Å². The van der Waals surface area contributed by atoms with Gasteiger partial charge >= 0.3 is 5.97 Å². The van der Waals surface area contributed by atoms with Crippen LogP contribution in [0, 0.1) is 11.3 Å². The molecule has 0 aliphatic carbocycles. The second kappa shape index (κ2) is 6.33. The topological polar surface area (TPSA) is 37.3 Å². The van der Waals surface area contributed by atoms with Gasteiger partial charge in [0, 0.05) is 0 Å². The van der Waals surface area contributed by atoms with E-state index in [1.807, 2.05) is 25.6 Å². The molecule has 0 saturated heterocycles. The van der Waals surface area contributed by atoms with Gasteiger partial charge in [0.15, 0.2) is 0 Å². The van der Waals surface area contributed by atoms with Crippen molar-refractivity contribution in [1.82, 2.24) is 0 Å². The van der Waals surface area contributed by atoms with Crippen molar-refractivity contribution in [3.63, 3.8) is 0 Å². The molecule has 0 saturated carbocycles. The van der Waals surface area contributed by atoms with Crippen molar-refractivity contribution in [2.75, 3.05) is 11.5 Å². The van der Waals surface area contributed by atoms with Crippen molar-refractivity contribution in [3.05, 3.63) is 0 Å². The number of hydrogen-bond donors (Lipinski definition) is 1. The molecule has 84 valence electrons. The number of thioether (sulfide) groups is 1. The molecule has 0 bridgehead atoms. The lowest BCUT2D eigenvalue weighted by Gasteiger charge is -2.30. The molecular weight excluding hydrogens is 196 g/mol. The van der Waals surface area contributed by atoms with Crippen molar-refractivity contribution in [3.8, 4) is 0 Å². The van der Waals surface area contributed by atoms with E-state index in [4.69, 9.17) is 5.11 Å². The first-order chi connectivity index (χ1) is 6.45. The fourth-order valence-corrected chi connectivity index (χ4v) is 2.13. The summed E-state index contributed by atoms with van der Waals surface area (Å²) in [4.78, 5) is 11.1. The first kappa shape index (κ1) is 13.8. The predicted octanol–water partition coefficient (Wildman–Crippen LogP) is 3.27. The lowest BCUT2D eigenvalue weighted by atomic mass is 9.75. The van der Waals surface area contributed by atoms with E-state index in [2.05, 4.69) is 13.8 Å². The monoisotopic (exact) mass is 218 g/mol. The predicted molar refractivity (Wildman–Crippen MR) is 62.8 cm³/mol. The van der Waals surface area contributed by atoms with Gasteiger partial charge in [-0.2, -0.15) is 11.8 Å². The summed E-state index contributed by atoms with van der Waals surface area (Å²) >= 11 is 1.82. The van der Waals surface area contributed by atoms with Crippen molar-refractivity contribution in [2.24, 2.45) is 11.3 Å². The highest BCUT2D eigenvalue weighted by Gasteiger charge is 2.32. The van der Waals surface area contributed by atoms with E-state index in [9.17, 15) is 4.79 Å². The van der Waals surface area contributed by atoms with Crippen LogP contribution in [0.1, 0.15) is 40.5 Å². The number of carboxylic acids is 1. The van der Waals surface area contributed by atoms with Crippen molar-refractivity contribution in [1.29, 1.82) is 0 Å². The highest BCUT2D eigenvalue weighted by Crippen LogP contribution is 2.33. The molecule has 0 rings (SSSR count). The lowest BCUT2D eigenvalue weighted by Crippen LogP contribution is -2.31. The van der Waals surface area contributed by atoms with Gasteiger partial charge in [-0.25, -0.2) is 0 Å². The Hall–Kier alpha value is -0.180. The summed E-state index contributed by atoms with van der Waals surface area (Å²) in [5, 5.41) is 9.13. The highest BCUT2D eigenvalue weighted by atomic mass is 32.2. The van der Waals surface area contributed by atoms with Crippen LogP contribution in [0.5, 0.6) is 0 Å². The maximum atomic E-state index is 11.1. The third-order valence-electron chi connectivity index (χ3n) is 2.91. The van der Waals surface area contributed by atoms with Gasteiger partial charge in [0.1, 0.15) is 0 Å². The largest absolute Gasteiger partial charge is 0.481 e. The fraction of sp³-hybridized carbons (Fsp3) is 0.909. The summed E-state index contributed by atoms with van der Waals surface area (Å²) < 4.78 is 0. The van der Waals surface area contributed by atoms with E-state index in [0.29, 0.717) is 0 Å². The van der Waals surface area contributed by atoms with Crippen molar-refractivity contribution < 1.29 is 9.90 Å². The third-order valence-corrected chi connectivity index (χ3v) is 3.84. The Bertz CT molecular complexity index is 178. The SMILES string of the molecule is CCSCCC(C(=O)O)C(C)(C)CC. The van der Waals surface area contributed by atoms with Crippen LogP contribution in [0.15, 0.2) is 0 Å². The first-order valence-corrected chi connectivity index (χ1v) is 6.41. The van der Waals surface area contributed by atoms with E-state index >= 15 is 0 Å². The van der Waals surface area contributed by atoms with Gasteiger partial charge in [0.25, 0.3) is 0 Å². The summed E-state index contributed by atoms with van der Waals surface area (Å²) in [5.41, 5.74) is -0.0832. The average molecular weight is 218 g/mol. The zero-order chi connectivity index (χ0) is 11.2. The molecule has 2 nitrogen and oxygen atoms in total. The third kappa shape index (κ3) is 4.36. The molecule has 14 heavy (non-hydrogen) atoms. The summed E-state index contributed by atoms with van der Waals surface area (Å²) in [6.45, 7) is 8.25. The van der Waals surface area contributed by atoms with Gasteiger partial charge in [0.05, 0.1) is 5.92 Å². The molecule has 3 heteroatoms. The van der Waals surface area contributed by atoms with Crippen LogP contribution in [0.2, 0.25) is 0 Å². The molecule has 0 aromatic carbocycles. The average Bonchev–Trinajstić information content (AvgIpc) is 2.11. The second-order valence-electron chi connectivity index (χ2n) is 4.22. The van der Waals surface area contributed by atoms with Gasteiger partial charge in [-0.05, 0) is 23.3 Å². The fourth-order valence-electron chi connectivity index (χ4n) is 1.44. The van der Waals surface area contributed by atoms with Crippen LogP contribution in [0.4, 0.5) is 0 Å². The quantitative estimate of drug-likeness (QED) is 0.666. The molecule has 0 spiro atoms. The smallest absolute Gasteiger partial charge is 0.307 e. The maximum absolute atomic E-state index is 11.1. The number of hydrogen-bond acceptors (Lipinski definition) is 2. The normalized spacial score (nSPS) is 14.0. The van der Waals surface area contributed by atoms with E-state index in [0.717, 1.165) is 24.3 Å². The molecule has 0 radical (unpaired) electrons. The summed E-state index contributed by atoms with van der Waals surface area (Å²) in [6.07, 6.45) is 1.70. The molecular formula is C11H22O2S. The summed E-state index contributed by atoms with van der Waals surface area (Å²) in [6, 6.07) is 0. The minimum Gasteiger partial charge on any atom is -0.481 e. The molecule has 0 amide bonds. The Kier molecular flexibility index (Phi) is 6.25. The van der Waals surface area contributed by atoms with E-state index in [-0.39, 0.29) is 11.3 Å². The van der Waals surface area contributed by atoms with Crippen LogP contribution in [0.25, 0.3) is 0 Å². The molecule has 1 unspecified atom stereocenters. The first-order valence-electron chi connectivity index (χ1n) is 5.26. The van der Waals surface area contributed by atoms with Crippen LogP contribution in [-0.2, 0) is 4.79 Å². The number of carboxylic acid groups (broad SMARTS) is 1. The van der Waals surface area contributed by atoms with Crippen LogP contribution in [0.3, 0.4) is 0 Å². The second-order valence-corrected chi connectivity index (χ2v) is 5.61. The molecule has 0 heterocycles. The van der Waals surface area contributed by atoms with E-state index in [1.54, 1.807) is 0 Å². The zero-order valence-corrected chi connectivity index (χ0v) is 10.5. The van der Waals surface area contributed by atoms with Gasteiger partial charge in [-0.15, -0.1) is 0 Å². The molecule has 1 N–H and O–H groups in total. The lowest BCUT2D eigenvalue weighted by molar-refractivity contribution is -0.146. The minimum absolute atomic E-state index is 0.0832. The zero-order valence-electron chi connectivity index (χ0n) is 9.67. The van der Waals surface area contributed by atoms with Crippen LogP contribution < -0.4 is 0 Å².